The highest BCUT2D eigenvalue weighted by Gasteiger charge is 2.35. The van der Waals surface area contributed by atoms with E-state index in [-0.39, 0.29) is 33.6 Å². The van der Waals surface area contributed by atoms with Crippen molar-refractivity contribution in [1.82, 2.24) is 0 Å². The van der Waals surface area contributed by atoms with Crippen molar-refractivity contribution in [2.75, 3.05) is 11.5 Å². The largest absolute Gasteiger partial charge is 0.478 e. The number of hydrogen-bond acceptors (Lipinski definition) is 5. The number of aromatic carboxylic acids is 1. The number of rotatable bonds is 1. The van der Waals surface area contributed by atoms with Gasteiger partial charge in [0.1, 0.15) is 0 Å². The fraction of sp³-hybridized carbons (Fsp3) is 0. The van der Waals surface area contributed by atoms with E-state index in [0.29, 0.717) is 0 Å². The van der Waals surface area contributed by atoms with Crippen molar-refractivity contribution in [2.24, 2.45) is 0 Å². The van der Waals surface area contributed by atoms with Gasteiger partial charge < -0.3 is 16.6 Å². The van der Waals surface area contributed by atoms with Crippen LogP contribution in [0.3, 0.4) is 0 Å². The van der Waals surface area contributed by atoms with E-state index in [4.69, 9.17) is 11.5 Å². The SMILES string of the molecule is Nc1cc2c(c(C(=O)O)c1N)C(=O)c1ccccc1C2=O. The van der Waals surface area contributed by atoms with E-state index in [1.54, 1.807) is 12.1 Å². The summed E-state index contributed by atoms with van der Waals surface area (Å²) in [6, 6.07) is 7.50. The Morgan fingerprint density at radius 1 is 0.952 bits per heavy atom. The summed E-state index contributed by atoms with van der Waals surface area (Å²) in [6.45, 7) is 0. The average molecular weight is 282 g/mol. The third-order valence-corrected chi connectivity index (χ3v) is 3.50. The lowest BCUT2D eigenvalue weighted by molar-refractivity contribution is 0.0694. The number of nitrogens with two attached hydrogens (primary N) is 2. The first-order valence-electron chi connectivity index (χ1n) is 6.07. The second kappa shape index (κ2) is 4.17. The second-order valence-electron chi connectivity index (χ2n) is 4.69. The van der Waals surface area contributed by atoms with Crippen LogP contribution in [0.5, 0.6) is 0 Å². The Morgan fingerprint density at radius 2 is 1.52 bits per heavy atom. The maximum Gasteiger partial charge on any atom is 0.338 e. The third-order valence-electron chi connectivity index (χ3n) is 3.50. The van der Waals surface area contributed by atoms with Gasteiger partial charge in [-0.1, -0.05) is 24.3 Å². The number of carbonyl (C=O) groups excluding carboxylic acids is 2. The first-order chi connectivity index (χ1) is 9.93. The van der Waals surface area contributed by atoms with Crippen LogP contribution in [0.2, 0.25) is 0 Å². The van der Waals surface area contributed by atoms with Crippen molar-refractivity contribution in [3.63, 3.8) is 0 Å². The molecular formula is C15H10N2O4. The van der Waals surface area contributed by atoms with Crippen molar-refractivity contribution in [3.8, 4) is 0 Å². The number of fused-ring (bicyclic) bond motifs is 2. The Labute approximate surface area is 119 Å². The number of benzene rings is 2. The maximum atomic E-state index is 12.5. The molecule has 0 saturated heterocycles. The van der Waals surface area contributed by atoms with Gasteiger partial charge in [-0.15, -0.1) is 0 Å². The number of carbonyl (C=O) groups is 3. The van der Waals surface area contributed by atoms with Crippen molar-refractivity contribution in [1.29, 1.82) is 0 Å². The molecule has 0 unspecified atom stereocenters. The molecule has 0 radical (unpaired) electrons. The molecule has 1 aliphatic carbocycles. The number of carboxylic acids is 1. The normalized spacial score (nSPS) is 12.8. The Morgan fingerprint density at radius 3 is 2.10 bits per heavy atom. The molecule has 0 fully saturated rings. The van der Waals surface area contributed by atoms with E-state index < -0.39 is 23.1 Å². The van der Waals surface area contributed by atoms with Crippen LogP contribution in [0.25, 0.3) is 0 Å². The van der Waals surface area contributed by atoms with Crippen LogP contribution in [0.4, 0.5) is 11.4 Å². The number of carboxylic acid groups (broad SMARTS) is 1. The van der Waals surface area contributed by atoms with Gasteiger partial charge in [-0.2, -0.15) is 0 Å². The van der Waals surface area contributed by atoms with E-state index in [9.17, 15) is 19.5 Å². The molecule has 2 aromatic rings. The number of ketones is 2. The van der Waals surface area contributed by atoms with Crippen LogP contribution in [0.15, 0.2) is 30.3 Å². The summed E-state index contributed by atoms with van der Waals surface area (Å²) < 4.78 is 0. The number of anilines is 2. The molecule has 0 saturated carbocycles. The van der Waals surface area contributed by atoms with Crippen molar-refractivity contribution in [3.05, 3.63) is 58.1 Å². The smallest absolute Gasteiger partial charge is 0.338 e. The van der Waals surface area contributed by atoms with Crippen LogP contribution >= 0.6 is 0 Å². The van der Waals surface area contributed by atoms with Gasteiger partial charge in [0, 0.05) is 16.7 Å². The Balaban J connectivity index is 2.43. The minimum absolute atomic E-state index is 0.0252. The molecule has 104 valence electrons. The molecule has 5 N–H and O–H groups in total. The minimum Gasteiger partial charge on any atom is -0.478 e. The van der Waals surface area contributed by atoms with Crippen molar-refractivity contribution < 1.29 is 19.5 Å². The predicted octanol–water partition coefficient (Wildman–Crippen LogP) is 1.32. The summed E-state index contributed by atoms with van der Waals surface area (Å²) in [6.07, 6.45) is 0. The highest BCUT2D eigenvalue weighted by molar-refractivity contribution is 6.31. The fourth-order valence-corrected chi connectivity index (χ4v) is 2.52. The molecule has 1 aliphatic rings. The van der Waals surface area contributed by atoms with Gasteiger partial charge >= 0.3 is 5.97 Å². The van der Waals surface area contributed by atoms with E-state index in [0.717, 1.165) is 0 Å². The molecule has 0 spiro atoms. The summed E-state index contributed by atoms with van der Waals surface area (Å²) in [5.74, 6) is -2.37. The highest BCUT2D eigenvalue weighted by Crippen LogP contribution is 2.35. The van der Waals surface area contributed by atoms with Gasteiger partial charge in [-0.05, 0) is 6.07 Å². The highest BCUT2D eigenvalue weighted by atomic mass is 16.4. The van der Waals surface area contributed by atoms with Crippen LogP contribution in [0.1, 0.15) is 42.2 Å². The Bertz CT molecular complexity index is 840. The van der Waals surface area contributed by atoms with Crippen molar-refractivity contribution in [2.45, 2.75) is 0 Å². The summed E-state index contributed by atoms with van der Waals surface area (Å²) in [4.78, 5) is 36.4. The molecule has 2 aromatic carbocycles. The van der Waals surface area contributed by atoms with Gasteiger partial charge in [0.25, 0.3) is 0 Å². The number of nitrogen functional groups attached to an aromatic ring is 2. The zero-order valence-electron chi connectivity index (χ0n) is 10.7. The Kier molecular flexibility index (Phi) is 2.56. The number of hydrogen-bond donors (Lipinski definition) is 3. The van der Waals surface area contributed by atoms with Gasteiger partial charge in [0.05, 0.1) is 22.5 Å². The quantitative estimate of drug-likeness (QED) is 0.578. The first-order valence-corrected chi connectivity index (χ1v) is 6.07. The average Bonchev–Trinajstić information content (AvgIpc) is 2.46. The van der Waals surface area contributed by atoms with Crippen LogP contribution in [-0.4, -0.2) is 22.6 Å². The molecule has 6 nitrogen and oxygen atoms in total. The van der Waals surface area contributed by atoms with Gasteiger partial charge in [-0.3, -0.25) is 9.59 Å². The van der Waals surface area contributed by atoms with Crippen LogP contribution in [-0.2, 0) is 0 Å². The van der Waals surface area contributed by atoms with Crippen molar-refractivity contribution >= 4 is 28.9 Å². The maximum absolute atomic E-state index is 12.5. The molecular weight excluding hydrogens is 272 g/mol. The lowest BCUT2D eigenvalue weighted by Gasteiger charge is -2.20. The summed E-state index contributed by atoms with van der Waals surface area (Å²) in [5, 5.41) is 9.30. The second-order valence-corrected chi connectivity index (χ2v) is 4.69. The Hall–Kier alpha value is -3.15. The summed E-state index contributed by atoms with van der Waals surface area (Å²) in [5.41, 5.74) is 10.8. The third kappa shape index (κ3) is 1.62. The molecule has 0 bridgehead atoms. The molecule has 0 aromatic heterocycles. The predicted molar refractivity (Wildman–Crippen MR) is 75.5 cm³/mol. The van der Waals surface area contributed by atoms with Crippen LogP contribution < -0.4 is 11.5 Å². The lowest BCUT2D eigenvalue weighted by atomic mass is 9.81. The molecule has 0 aliphatic heterocycles. The van der Waals surface area contributed by atoms with Gasteiger partial charge in [0.15, 0.2) is 11.6 Å². The molecule has 0 atom stereocenters. The van der Waals surface area contributed by atoms with E-state index in [2.05, 4.69) is 0 Å². The molecule has 0 amide bonds. The topological polar surface area (TPSA) is 123 Å². The lowest BCUT2D eigenvalue weighted by Crippen LogP contribution is -2.25. The van der Waals surface area contributed by atoms with Gasteiger partial charge in [0.2, 0.25) is 0 Å². The molecule has 0 heterocycles. The van der Waals surface area contributed by atoms with E-state index >= 15 is 0 Å². The standard InChI is InChI=1S/C15H10N2O4/c16-9-5-8-10(11(12(9)17)15(20)21)14(19)7-4-2-1-3-6(7)13(8)18/h1-5H,16-17H2,(H,20,21). The monoisotopic (exact) mass is 282 g/mol. The molecule has 3 rings (SSSR count). The first kappa shape index (κ1) is 12.9. The zero-order chi connectivity index (χ0) is 15.3. The molecule has 21 heavy (non-hydrogen) atoms. The fourth-order valence-electron chi connectivity index (χ4n) is 2.52. The summed E-state index contributed by atoms with van der Waals surface area (Å²) >= 11 is 0. The van der Waals surface area contributed by atoms with E-state index in [1.807, 2.05) is 0 Å². The van der Waals surface area contributed by atoms with Crippen LogP contribution in [0, 0.1) is 0 Å². The van der Waals surface area contributed by atoms with Gasteiger partial charge in [-0.25, -0.2) is 4.79 Å². The van der Waals surface area contributed by atoms with E-state index in [1.165, 1.54) is 18.2 Å². The zero-order valence-corrected chi connectivity index (χ0v) is 10.7. The molecule has 6 heteroatoms. The summed E-state index contributed by atoms with van der Waals surface area (Å²) in [7, 11) is 0. The minimum atomic E-state index is -1.39.